The van der Waals surface area contributed by atoms with Crippen LogP contribution in [0, 0.1) is 0 Å². The molecule has 4 nitrogen and oxygen atoms in total. The molecule has 3 aromatic heterocycles. The second-order valence-electron chi connectivity index (χ2n) is 19.8. The predicted molar refractivity (Wildman–Crippen MR) is 275 cm³/mol. The summed E-state index contributed by atoms with van der Waals surface area (Å²) in [5.74, 6) is 1.01. The zero-order valence-electron chi connectivity index (χ0n) is 37.3. The van der Waals surface area contributed by atoms with Crippen molar-refractivity contribution in [3.8, 4) is 27.9 Å². The Morgan fingerprint density at radius 2 is 1.30 bits per heavy atom. The Bertz CT molecular complexity index is 3880. The number of hydrogen-bond acceptors (Lipinski definition) is 2. The highest BCUT2D eigenvalue weighted by atomic mass is 15.0. The molecule has 0 saturated heterocycles. The lowest BCUT2D eigenvalue weighted by atomic mass is 9.72. The fraction of sp³-hybridized carbons (Fsp3) is 0.177. The van der Waals surface area contributed by atoms with Crippen molar-refractivity contribution in [2.24, 2.45) is 0 Å². The van der Waals surface area contributed by atoms with Crippen molar-refractivity contribution in [2.45, 2.75) is 63.7 Å². The fourth-order valence-electron chi connectivity index (χ4n) is 13.3. The van der Waals surface area contributed by atoms with Crippen LogP contribution in [0.3, 0.4) is 0 Å². The van der Waals surface area contributed by atoms with Gasteiger partial charge in [-0.3, -0.25) is 4.98 Å². The van der Waals surface area contributed by atoms with E-state index in [0.717, 1.165) is 31.5 Å². The van der Waals surface area contributed by atoms with Gasteiger partial charge in [0.25, 0.3) is 0 Å². The molecule has 4 heteroatoms. The van der Waals surface area contributed by atoms with E-state index in [1.807, 2.05) is 12.4 Å². The van der Waals surface area contributed by atoms with Crippen LogP contribution in [0.2, 0.25) is 0 Å². The van der Waals surface area contributed by atoms with Gasteiger partial charge in [-0.15, -0.1) is 0 Å². The van der Waals surface area contributed by atoms with E-state index in [-0.39, 0.29) is 0 Å². The largest absolute Gasteiger partial charge is 0.386 e. The summed E-state index contributed by atoms with van der Waals surface area (Å²) in [5.41, 5.74) is 25.8. The van der Waals surface area contributed by atoms with Crippen LogP contribution in [0.1, 0.15) is 89.0 Å². The number of nitrogens with one attached hydrogen (secondary N) is 1. The predicted octanol–water partition coefficient (Wildman–Crippen LogP) is 14.9. The third kappa shape index (κ3) is 5.02. The first-order valence-corrected chi connectivity index (χ1v) is 24.2. The number of dihydropyridines is 1. The maximum absolute atomic E-state index is 4.64. The van der Waals surface area contributed by atoms with Crippen LogP contribution in [-0.4, -0.2) is 20.7 Å². The second-order valence-corrected chi connectivity index (χ2v) is 19.8. The van der Waals surface area contributed by atoms with Crippen molar-refractivity contribution in [1.29, 1.82) is 0 Å². The molecule has 1 N–H and O–H groups in total. The van der Waals surface area contributed by atoms with Gasteiger partial charge in [-0.1, -0.05) is 86.7 Å². The number of fused-ring (bicyclic) bond motifs is 9. The minimum absolute atomic E-state index is 0.325. The molecule has 0 saturated carbocycles. The van der Waals surface area contributed by atoms with E-state index in [1.54, 1.807) is 5.57 Å². The Morgan fingerprint density at radius 3 is 2.11 bits per heavy atom. The van der Waals surface area contributed by atoms with Gasteiger partial charge in [-0.05, 0) is 194 Å². The quantitative estimate of drug-likeness (QED) is 0.191. The van der Waals surface area contributed by atoms with Gasteiger partial charge in [0.2, 0.25) is 0 Å². The van der Waals surface area contributed by atoms with Crippen molar-refractivity contribution < 1.29 is 0 Å². The standard InChI is InChI=1S/C62H48N4/c1-35-36(2)50-30-56-54-28-42(46-22-18-40-16-14-38-8-4-12-48(46)62(38)40)20-24-58(54)66(44-10-6-26-64-34-44)60(56)32-52(50)51-31-59-55(29-49(35)51)53-27-41(19-23-57(53)65(59)43-9-5-25-63-33-43)45-21-17-39-15-13-37-7-3-11-47(45)61(37)39/h3-12,17-21,23-25,27-36,46,64H,13-16,22,26H2,1-2H3. The van der Waals surface area contributed by atoms with E-state index in [2.05, 4.69) is 179 Å². The average Bonchev–Trinajstić information content (AvgIpc) is 4.15. The van der Waals surface area contributed by atoms with E-state index < -0.39 is 0 Å². The fourth-order valence-corrected chi connectivity index (χ4v) is 13.3. The van der Waals surface area contributed by atoms with Crippen LogP contribution >= 0.6 is 0 Å². The summed E-state index contributed by atoms with van der Waals surface area (Å²) in [7, 11) is 0. The van der Waals surface area contributed by atoms with Gasteiger partial charge in [-0.25, -0.2) is 0 Å². The summed E-state index contributed by atoms with van der Waals surface area (Å²) >= 11 is 0. The van der Waals surface area contributed by atoms with Gasteiger partial charge < -0.3 is 14.5 Å². The Morgan fingerprint density at radius 1 is 0.576 bits per heavy atom. The van der Waals surface area contributed by atoms with Gasteiger partial charge in [0.15, 0.2) is 0 Å². The number of allylic oxidation sites excluding steroid dienone is 4. The normalized spacial score (nSPS) is 19.1. The molecule has 316 valence electrons. The molecule has 7 aromatic carbocycles. The molecule has 3 atom stereocenters. The number of rotatable bonds is 4. The highest BCUT2D eigenvalue weighted by Crippen LogP contribution is 2.53. The van der Waals surface area contributed by atoms with Crippen molar-refractivity contribution in [3.63, 3.8) is 0 Å². The lowest BCUT2D eigenvalue weighted by molar-refractivity contribution is 0.617. The molecular formula is C62H48N4. The summed E-state index contributed by atoms with van der Waals surface area (Å²) in [6.07, 6.45) is 18.8. The van der Waals surface area contributed by atoms with E-state index >= 15 is 0 Å². The molecule has 5 aliphatic rings. The third-order valence-corrected chi connectivity index (χ3v) is 16.6. The van der Waals surface area contributed by atoms with Crippen LogP contribution in [-0.2, 0) is 19.3 Å². The van der Waals surface area contributed by atoms with E-state index in [4.69, 9.17) is 0 Å². The molecular weight excluding hydrogens is 801 g/mol. The van der Waals surface area contributed by atoms with Crippen LogP contribution < -0.4 is 5.32 Å². The lowest BCUT2D eigenvalue weighted by Crippen LogP contribution is -2.14. The smallest absolute Gasteiger partial charge is 0.0645 e. The molecule has 15 rings (SSSR count). The molecule has 66 heavy (non-hydrogen) atoms. The van der Waals surface area contributed by atoms with Gasteiger partial charge >= 0.3 is 0 Å². The van der Waals surface area contributed by atoms with Crippen LogP contribution in [0.15, 0.2) is 158 Å². The number of benzene rings is 7. The minimum atomic E-state index is 0.325. The van der Waals surface area contributed by atoms with Crippen molar-refractivity contribution >= 4 is 65.7 Å². The monoisotopic (exact) mass is 848 g/mol. The van der Waals surface area contributed by atoms with Crippen LogP contribution in [0.25, 0.3) is 93.6 Å². The SMILES string of the molecule is CC1c2cc3c4cc(C5CC=C6CCc7cccc5c76)ccc4n(C4=CNCC=C4)c3cc2-c2cc3c(cc2C1C)c1cc(-c2ccc4c5c(cccc25)CC4)ccc1n3-c1cccnc1. The molecule has 3 unspecified atom stereocenters. The summed E-state index contributed by atoms with van der Waals surface area (Å²) < 4.78 is 4.95. The van der Waals surface area contributed by atoms with Gasteiger partial charge in [0.1, 0.15) is 0 Å². The molecule has 0 radical (unpaired) electrons. The van der Waals surface area contributed by atoms with Gasteiger partial charge in [0.05, 0.1) is 39.6 Å². The molecule has 4 heterocycles. The average molecular weight is 849 g/mol. The van der Waals surface area contributed by atoms with Crippen LogP contribution in [0.4, 0.5) is 0 Å². The topological polar surface area (TPSA) is 34.8 Å². The first-order valence-electron chi connectivity index (χ1n) is 24.2. The minimum Gasteiger partial charge on any atom is -0.386 e. The molecule has 10 aromatic rings. The Balaban J connectivity index is 0.959. The molecule has 0 bridgehead atoms. The number of aryl methyl sites for hydroxylation is 3. The third-order valence-electron chi connectivity index (χ3n) is 16.6. The molecule has 1 aliphatic heterocycles. The van der Waals surface area contributed by atoms with Crippen molar-refractivity contribution in [2.75, 3.05) is 6.54 Å². The van der Waals surface area contributed by atoms with Gasteiger partial charge in [0, 0.05) is 46.4 Å². The molecule has 0 spiro atoms. The first kappa shape index (κ1) is 36.9. The van der Waals surface area contributed by atoms with E-state index in [9.17, 15) is 0 Å². The van der Waals surface area contributed by atoms with Crippen molar-refractivity contribution in [3.05, 3.63) is 203 Å². The first-order chi connectivity index (χ1) is 32.6. The Kier molecular flexibility index (Phi) is 7.57. The summed E-state index contributed by atoms with van der Waals surface area (Å²) in [5, 5.41) is 11.6. The Hall–Kier alpha value is -7.43. The number of aromatic nitrogens is 3. The van der Waals surface area contributed by atoms with Crippen LogP contribution in [0.5, 0.6) is 0 Å². The van der Waals surface area contributed by atoms with Gasteiger partial charge in [-0.2, -0.15) is 0 Å². The number of pyridine rings is 1. The maximum Gasteiger partial charge on any atom is 0.0645 e. The van der Waals surface area contributed by atoms with E-state index in [0.29, 0.717) is 17.8 Å². The lowest BCUT2D eigenvalue weighted by Gasteiger charge is -2.32. The zero-order valence-corrected chi connectivity index (χ0v) is 37.3. The maximum atomic E-state index is 4.64. The molecule has 0 amide bonds. The Labute approximate surface area is 384 Å². The number of nitrogens with zero attached hydrogens (tertiary/aromatic N) is 3. The summed E-state index contributed by atoms with van der Waals surface area (Å²) in [6, 6.07) is 47.6. The highest BCUT2D eigenvalue weighted by Gasteiger charge is 2.33. The second kappa shape index (κ2) is 13.6. The number of hydrogen-bond donors (Lipinski definition) is 1. The molecule has 4 aliphatic carbocycles. The van der Waals surface area contributed by atoms with E-state index in [1.165, 1.54) is 140 Å². The summed E-state index contributed by atoms with van der Waals surface area (Å²) in [6.45, 7) is 5.75. The van der Waals surface area contributed by atoms with Crippen molar-refractivity contribution in [1.82, 2.24) is 19.4 Å². The summed E-state index contributed by atoms with van der Waals surface area (Å²) in [4.78, 5) is 4.64. The molecule has 0 fully saturated rings. The highest BCUT2D eigenvalue weighted by molar-refractivity contribution is 6.15. The zero-order chi connectivity index (χ0) is 43.4.